The molecule has 0 unspecified atom stereocenters. The highest BCUT2D eigenvalue weighted by molar-refractivity contribution is 8.02. The minimum Gasteiger partial charge on any atom is -0.497 e. The average Bonchev–Trinajstić information content (AvgIpc) is 3.09. The maximum absolute atomic E-state index is 5.18. The van der Waals surface area contributed by atoms with E-state index in [0.29, 0.717) is 0 Å². The maximum atomic E-state index is 5.18. The first-order chi connectivity index (χ1) is 12.1. The molecule has 3 nitrogen and oxygen atoms in total. The van der Waals surface area contributed by atoms with E-state index in [0.717, 1.165) is 25.9 Å². The van der Waals surface area contributed by atoms with Gasteiger partial charge in [-0.05, 0) is 42.7 Å². The molecular formula is C19H20N2OS3. The number of ether oxygens (including phenoxy) is 1. The quantitative estimate of drug-likeness (QED) is 0.482. The fourth-order valence-corrected chi connectivity index (χ4v) is 5.32. The Balaban J connectivity index is 1.54. The van der Waals surface area contributed by atoms with Gasteiger partial charge in [0, 0.05) is 11.5 Å². The van der Waals surface area contributed by atoms with Crippen LogP contribution >= 0.6 is 34.9 Å². The standard InChI is InChI=1S/C19H20N2OS3/c1-13-4-5-14(2)16(10-13)12-24-19-21-20-18(25-19)23-11-15-6-8-17(22-3)9-7-15/h4-10H,11-12H2,1-3H3. The second-order valence-corrected chi connectivity index (χ2v) is 9.11. The second kappa shape index (κ2) is 8.74. The summed E-state index contributed by atoms with van der Waals surface area (Å²) in [6.07, 6.45) is 0. The van der Waals surface area contributed by atoms with Gasteiger partial charge in [-0.15, -0.1) is 10.2 Å². The molecule has 0 saturated heterocycles. The number of hydrogen-bond donors (Lipinski definition) is 0. The minimum absolute atomic E-state index is 0.884. The van der Waals surface area contributed by atoms with Crippen molar-refractivity contribution in [2.45, 2.75) is 34.0 Å². The Morgan fingerprint density at radius 2 is 1.60 bits per heavy atom. The molecule has 1 aromatic heterocycles. The third-order valence-corrected chi connectivity index (χ3v) is 7.07. The smallest absolute Gasteiger partial charge is 0.175 e. The van der Waals surface area contributed by atoms with E-state index in [2.05, 4.69) is 54.4 Å². The average molecular weight is 389 g/mol. The Morgan fingerprint density at radius 3 is 2.28 bits per heavy atom. The van der Waals surface area contributed by atoms with Crippen LogP contribution in [-0.2, 0) is 11.5 Å². The molecule has 0 atom stereocenters. The van der Waals surface area contributed by atoms with Crippen molar-refractivity contribution in [3.63, 3.8) is 0 Å². The number of hydrogen-bond acceptors (Lipinski definition) is 6. The normalized spacial score (nSPS) is 10.8. The zero-order valence-electron chi connectivity index (χ0n) is 14.5. The van der Waals surface area contributed by atoms with Crippen LogP contribution in [0, 0.1) is 13.8 Å². The zero-order valence-corrected chi connectivity index (χ0v) is 16.9. The Hall–Kier alpha value is -1.50. The van der Waals surface area contributed by atoms with E-state index in [1.165, 1.54) is 22.3 Å². The predicted octanol–water partition coefficient (Wildman–Crippen LogP) is 5.75. The van der Waals surface area contributed by atoms with Gasteiger partial charge in [0.15, 0.2) is 8.68 Å². The largest absolute Gasteiger partial charge is 0.497 e. The Morgan fingerprint density at radius 1 is 0.920 bits per heavy atom. The van der Waals surface area contributed by atoms with Crippen molar-refractivity contribution in [2.24, 2.45) is 0 Å². The Labute approximate surface area is 161 Å². The summed E-state index contributed by atoms with van der Waals surface area (Å²) in [5.41, 5.74) is 5.25. The molecule has 0 spiro atoms. The molecule has 130 valence electrons. The minimum atomic E-state index is 0.884. The SMILES string of the molecule is COc1ccc(CSc2nnc(SCc3cc(C)ccc3C)s2)cc1. The summed E-state index contributed by atoms with van der Waals surface area (Å²) in [4.78, 5) is 0. The van der Waals surface area contributed by atoms with Gasteiger partial charge in [0.05, 0.1) is 7.11 Å². The van der Waals surface area contributed by atoms with Crippen molar-refractivity contribution < 1.29 is 4.74 Å². The van der Waals surface area contributed by atoms with Crippen molar-refractivity contribution in [1.82, 2.24) is 10.2 Å². The molecule has 0 saturated carbocycles. The lowest BCUT2D eigenvalue weighted by Gasteiger charge is -2.05. The van der Waals surface area contributed by atoms with E-state index >= 15 is 0 Å². The van der Waals surface area contributed by atoms with E-state index in [4.69, 9.17) is 4.74 Å². The molecule has 1 heterocycles. The number of rotatable bonds is 7. The summed E-state index contributed by atoms with van der Waals surface area (Å²) in [5.74, 6) is 2.71. The summed E-state index contributed by atoms with van der Waals surface area (Å²) in [5, 5.41) is 8.62. The van der Waals surface area contributed by atoms with Gasteiger partial charge in [-0.1, -0.05) is 70.8 Å². The Kier molecular flexibility index (Phi) is 6.39. The lowest BCUT2D eigenvalue weighted by Crippen LogP contribution is -1.87. The highest BCUT2D eigenvalue weighted by atomic mass is 32.2. The van der Waals surface area contributed by atoms with Crippen LogP contribution in [0.5, 0.6) is 5.75 Å². The van der Waals surface area contributed by atoms with Gasteiger partial charge in [-0.25, -0.2) is 0 Å². The monoisotopic (exact) mass is 388 g/mol. The first kappa shape index (κ1) is 18.3. The van der Waals surface area contributed by atoms with Gasteiger partial charge < -0.3 is 4.74 Å². The molecule has 0 aliphatic carbocycles. The zero-order chi connectivity index (χ0) is 17.6. The number of thioether (sulfide) groups is 2. The van der Waals surface area contributed by atoms with Crippen molar-refractivity contribution in [3.05, 3.63) is 64.7 Å². The van der Waals surface area contributed by atoms with Gasteiger partial charge in [-0.2, -0.15) is 0 Å². The lowest BCUT2D eigenvalue weighted by molar-refractivity contribution is 0.414. The van der Waals surface area contributed by atoms with E-state index in [9.17, 15) is 0 Å². The fraction of sp³-hybridized carbons (Fsp3) is 0.263. The van der Waals surface area contributed by atoms with Crippen molar-refractivity contribution >= 4 is 34.9 Å². The van der Waals surface area contributed by atoms with Crippen molar-refractivity contribution in [3.8, 4) is 5.75 Å². The molecule has 0 aliphatic rings. The molecule has 0 fully saturated rings. The fourth-order valence-electron chi connectivity index (χ4n) is 2.28. The Bertz CT molecular complexity index is 831. The topological polar surface area (TPSA) is 35.0 Å². The highest BCUT2D eigenvalue weighted by Gasteiger charge is 2.08. The van der Waals surface area contributed by atoms with Crippen LogP contribution in [0.15, 0.2) is 51.1 Å². The summed E-state index contributed by atoms with van der Waals surface area (Å²) >= 11 is 5.15. The second-order valence-electron chi connectivity index (χ2n) is 5.69. The van der Waals surface area contributed by atoms with Gasteiger partial charge >= 0.3 is 0 Å². The molecule has 0 N–H and O–H groups in total. The van der Waals surface area contributed by atoms with Gasteiger partial charge in [0.2, 0.25) is 0 Å². The molecule has 3 aromatic rings. The molecule has 0 bridgehead atoms. The van der Waals surface area contributed by atoms with E-state index in [-0.39, 0.29) is 0 Å². The third-order valence-electron chi connectivity index (χ3n) is 3.77. The molecule has 0 amide bonds. The van der Waals surface area contributed by atoms with Crippen LogP contribution in [-0.4, -0.2) is 17.3 Å². The molecule has 3 rings (SSSR count). The van der Waals surface area contributed by atoms with Gasteiger partial charge in [0.1, 0.15) is 5.75 Å². The van der Waals surface area contributed by atoms with Gasteiger partial charge in [0.25, 0.3) is 0 Å². The van der Waals surface area contributed by atoms with Crippen LogP contribution in [0.3, 0.4) is 0 Å². The number of methoxy groups -OCH3 is 1. The van der Waals surface area contributed by atoms with Crippen LogP contribution in [0.4, 0.5) is 0 Å². The van der Waals surface area contributed by atoms with Crippen LogP contribution < -0.4 is 4.74 Å². The van der Waals surface area contributed by atoms with E-state index < -0.39 is 0 Å². The van der Waals surface area contributed by atoms with Crippen molar-refractivity contribution in [2.75, 3.05) is 7.11 Å². The molecule has 0 radical (unpaired) electrons. The van der Waals surface area contributed by atoms with Crippen LogP contribution in [0.25, 0.3) is 0 Å². The predicted molar refractivity (Wildman–Crippen MR) is 108 cm³/mol. The molecule has 6 heteroatoms. The third kappa shape index (κ3) is 5.23. The van der Waals surface area contributed by atoms with Crippen LogP contribution in [0.2, 0.25) is 0 Å². The molecule has 0 aliphatic heterocycles. The lowest BCUT2D eigenvalue weighted by atomic mass is 10.1. The first-order valence-electron chi connectivity index (χ1n) is 7.92. The summed E-state index contributed by atoms with van der Waals surface area (Å²) in [7, 11) is 1.68. The number of aromatic nitrogens is 2. The van der Waals surface area contributed by atoms with E-state index in [1.807, 2.05) is 12.1 Å². The highest BCUT2D eigenvalue weighted by Crippen LogP contribution is 2.33. The first-order valence-corrected chi connectivity index (χ1v) is 10.7. The number of aryl methyl sites for hydroxylation is 2. The van der Waals surface area contributed by atoms with Crippen LogP contribution in [0.1, 0.15) is 22.3 Å². The summed E-state index contributed by atoms with van der Waals surface area (Å²) < 4.78 is 7.22. The van der Waals surface area contributed by atoms with Gasteiger partial charge in [-0.3, -0.25) is 0 Å². The number of nitrogens with zero attached hydrogens (tertiary/aromatic N) is 2. The van der Waals surface area contributed by atoms with E-state index in [1.54, 1.807) is 42.0 Å². The maximum Gasteiger partial charge on any atom is 0.175 e. The summed E-state index contributed by atoms with van der Waals surface area (Å²) in [6, 6.07) is 14.7. The molecular weight excluding hydrogens is 368 g/mol. The number of benzene rings is 2. The summed E-state index contributed by atoms with van der Waals surface area (Å²) in [6.45, 7) is 4.29. The molecule has 2 aromatic carbocycles. The molecule has 25 heavy (non-hydrogen) atoms. The van der Waals surface area contributed by atoms with Crippen molar-refractivity contribution in [1.29, 1.82) is 0 Å².